The van der Waals surface area contributed by atoms with Gasteiger partial charge in [0.05, 0.1) is 6.54 Å². The highest BCUT2D eigenvalue weighted by Crippen LogP contribution is 2.05. The van der Waals surface area contributed by atoms with Crippen molar-refractivity contribution in [2.45, 2.75) is 12.1 Å². The Bertz CT molecular complexity index is 210. The topological polar surface area (TPSA) is 56.9 Å². The molecular formula is C6H9N3O2. The number of likely N-dealkylation sites (N-methyl/N-ethyl adjacent to an activating group) is 1. The Labute approximate surface area is 64.4 Å². The number of aliphatic hydroxyl groups is 1. The van der Waals surface area contributed by atoms with Crippen LogP contribution < -0.4 is 5.43 Å². The summed E-state index contributed by atoms with van der Waals surface area (Å²) >= 11 is 0. The Hall–Kier alpha value is -1.12. The second-order valence-electron chi connectivity index (χ2n) is 2.40. The largest absolute Gasteiger partial charge is 0.376 e. The van der Waals surface area contributed by atoms with Crippen molar-refractivity contribution in [3.05, 3.63) is 11.4 Å². The van der Waals surface area contributed by atoms with Crippen LogP contribution in [0.5, 0.6) is 0 Å². The van der Waals surface area contributed by atoms with E-state index in [4.69, 9.17) is 11.7 Å². The zero-order valence-electron chi connectivity index (χ0n) is 6.11. The molecule has 11 heavy (non-hydrogen) atoms. The smallest absolute Gasteiger partial charge is 0.273 e. The number of hydrogen-bond donors (Lipinski definition) is 2. The van der Waals surface area contributed by atoms with Crippen LogP contribution in [0.2, 0.25) is 0 Å². The van der Waals surface area contributed by atoms with Gasteiger partial charge in [0.2, 0.25) is 6.10 Å². The van der Waals surface area contributed by atoms with E-state index < -0.39 is 18.1 Å². The molecule has 1 rings (SSSR count). The van der Waals surface area contributed by atoms with Crippen LogP contribution in [0.1, 0.15) is 0 Å². The lowest BCUT2D eigenvalue weighted by Gasteiger charge is -2.27. The van der Waals surface area contributed by atoms with E-state index in [2.05, 4.69) is 10.3 Å². The van der Waals surface area contributed by atoms with Gasteiger partial charge in [-0.15, -0.1) is 0 Å². The van der Waals surface area contributed by atoms with Gasteiger partial charge in [-0.3, -0.25) is 9.80 Å². The van der Waals surface area contributed by atoms with Gasteiger partial charge in [0.1, 0.15) is 0 Å². The monoisotopic (exact) mass is 155 g/mol. The zero-order valence-corrected chi connectivity index (χ0v) is 6.11. The molecule has 1 aliphatic heterocycles. The third-order valence-corrected chi connectivity index (χ3v) is 1.65. The average molecular weight is 155 g/mol. The quantitative estimate of drug-likeness (QED) is 0.423. The molecule has 5 heteroatoms. The third kappa shape index (κ3) is 1.31. The number of amides is 1. The number of hydrazine groups is 1. The first-order valence-electron chi connectivity index (χ1n) is 3.22. The van der Waals surface area contributed by atoms with Crippen LogP contribution >= 0.6 is 0 Å². The van der Waals surface area contributed by atoms with Crippen molar-refractivity contribution in [1.29, 1.82) is 0 Å². The van der Waals surface area contributed by atoms with Gasteiger partial charge in [0.15, 0.2) is 0 Å². The number of aliphatic hydroxyl groups excluding tert-OH is 1. The summed E-state index contributed by atoms with van der Waals surface area (Å²) < 4.78 is 0. The maximum absolute atomic E-state index is 11.0. The lowest BCUT2D eigenvalue weighted by molar-refractivity contribution is -0.146. The standard InChI is InChI=1S/C6H9N3O2/c1-7-4-3-8-9(2)6(11)5(4)10/h4-5,8,10H,3H2,2H3. The molecule has 5 nitrogen and oxygen atoms in total. The maximum Gasteiger partial charge on any atom is 0.273 e. The Morgan fingerprint density at radius 2 is 2.55 bits per heavy atom. The molecule has 0 aliphatic carbocycles. The highest BCUT2D eigenvalue weighted by molar-refractivity contribution is 5.81. The Morgan fingerprint density at radius 1 is 1.91 bits per heavy atom. The predicted octanol–water partition coefficient (Wildman–Crippen LogP) is -1.39. The van der Waals surface area contributed by atoms with Gasteiger partial charge in [-0.2, -0.15) is 0 Å². The summed E-state index contributed by atoms with van der Waals surface area (Å²) in [6.45, 7) is 6.96. The van der Waals surface area contributed by atoms with Crippen LogP contribution in [0.15, 0.2) is 0 Å². The van der Waals surface area contributed by atoms with Crippen LogP contribution in [0.25, 0.3) is 4.85 Å². The van der Waals surface area contributed by atoms with E-state index in [-0.39, 0.29) is 0 Å². The fourth-order valence-corrected chi connectivity index (χ4v) is 0.899. The molecule has 0 saturated carbocycles. The van der Waals surface area contributed by atoms with Crippen LogP contribution in [-0.2, 0) is 4.79 Å². The van der Waals surface area contributed by atoms with Crippen molar-refractivity contribution in [3.63, 3.8) is 0 Å². The molecule has 2 atom stereocenters. The fourth-order valence-electron chi connectivity index (χ4n) is 0.899. The first-order valence-corrected chi connectivity index (χ1v) is 3.22. The Balaban J connectivity index is 2.68. The molecule has 2 N–H and O–H groups in total. The summed E-state index contributed by atoms with van der Waals surface area (Å²) in [5.41, 5.74) is 2.67. The van der Waals surface area contributed by atoms with Crippen molar-refractivity contribution in [2.75, 3.05) is 13.6 Å². The second kappa shape index (κ2) is 2.86. The minimum Gasteiger partial charge on any atom is -0.376 e. The molecule has 1 amide bonds. The Morgan fingerprint density at radius 3 is 3.09 bits per heavy atom. The predicted molar refractivity (Wildman–Crippen MR) is 37.2 cm³/mol. The van der Waals surface area contributed by atoms with Crippen LogP contribution in [0, 0.1) is 6.57 Å². The van der Waals surface area contributed by atoms with Crippen molar-refractivity contribution >= 4 is 5.91 Å². The van der Waals surface area contributed by atoms with Gasteiger partial charge < -0.3 is 9.95 Å². The van der Waals surface area contributed by atoms with E-state index in [1.807, 2.05) is 0 Å². The Kier molecular flexibility index (Phi) is 2.08. The molecular weight excluding hydrogens is 146 g/mol. The van der Waals surface area contributed by atoms with Gasteiger partial charge >= 0.3 is 0 Å². The summed E-state index contributed by atoms with van der Waals surface area (Å²) in [4.78, 5) is 14.1. The normalized spacial score (nSPS) is 31.7. The first kappa shape index (κ1) is 7.98. The van der Waals surface area contributed by atoms with Crippen LogP contribution in [-0.4, -0.2) is 41.8 Å². The van der Waals surface area contributed by atoms with Gasteiger partial charge in [-0.25, -0.2) is 12.0 Å². The summed E-state index contributed by atoms with van der Waals surface area (Å²) in [5.74, 6) is -0.447. The van der Waals surface area contributed by atoms with Gasteiger partial charge in [-0.1, -0.05) is 0 Å². The van der Waals surface area contributed by atoms with Gasteiger partial charge in [0, 0.05) is 7.05 Å². The highest BCUT2D eigenvalue weighted by atomic mass is 16.3. The molecule has 0 aromatic rings. The highest BCUT2D eigenvalue weighted by Gasteiger charge is 2.37. The van der Waals surface area contributed by atoms with Crippen LogP contribution in [0.3, 0.4) is 0 Å². The molecule has 1 aliphatic rings. The average Bonchev–Trinajstić information content (AvgIpc) is 2.01. The molecule has 60 valence electrons. The molecule has 1 heterocycles. The summed E-state index contributed by atoms with van der Waals surface area (Å²) in [6.07, 6.45) is -1.17. The number of carbonyl (C=O) groups excluding carboxylic acids is 1. The molecule has 0 radical (unpaired) electrons. The number of nitrogens with zero attached hydrogens (tertiary/aromatic N) is 2. The molecule has 0 aromatic heterocycles. The van der Waals surface area contributed by atoms with Crippen molar-refractivity contribution < 1.29 is 9.90 Å². The van der Waals surface area contributed by atoms with Crippen molar-refractivity contribution in [2.24, 2.45) is 0 Å². The van der Waals surface area contributed by atoms with E-state index in [1.54, 1.807) is 0 Å². The molecule has 1 saturated heterocycles. The first-order chi connectivity index (χ1) is 5.16. The fraction of sp³-hybridized carbons (Fsp3) is 0.667. The lowest BCUT2D eigenvalue weighted by atomic mass is 10.1. The summed E-state index contributed by atoms with van der Waals surface area (Å²) in [6, 6.07) is -0.640. The molecule has 1 fully saturated rings. The summed E-state index contributed by atoms with van der Waals surface area (Å²) in [7, 11) is 1.52. The van der Waals surface area contributed by atoms with Crippen molar-refractivity contribution in [1.82, 2.24) is 10.4 Å². The number of rotatable bonds is 0. The SMILES string of the molecule is [C-]#[N+]C1CNN(C)C(=O)C1O. The van der Waals surface area contributed by atoms with Gasteiger partial charge in [0.25, 0.3) is 11.9 Å². The molecule has 0 aromatic carbocycles. The number of nitrogens with one attached hydrogen (secondary N) is 1. The lowest BCUT2D eigenvalue weighted by Crippen LogP contribution is -2.57. The minimum absolute atomic E-state index is 0.326. The maximum atomic E-state index is 11.0. The number of hydrogen-bond acceptors (Lipinski definition) is 3. The van der Waals surface area contributed by atoms with Crippen molar-refractivity contribution in [3.8, 4) is 0 Å². The zero-order chi connectivity index (χ0) is 8.43. The van der Waals surface area contributed by atoms with Gasteiger partial charge in [-0.05, 0) is 0 Å². The number of carbonyl (C=O) groups is 1. The molecule has 0 bridgehead atoms. The summed E-state index contributed by atoms with van der Waals surface area (Å²) in [5, 5.41) is 10.4. The minimum atomic E-state index is -1.17. The van der Waals surface area contributed by atoms with E-state index in [0.29, 0.717) is 6.54 Å². The van der Waals surface area contributed by atoms with E-state index >= 15 is 0 Å². The second-order valence-corrected chi connectivity index (χ2v) is 2.40. The van der Waals surface area contributed by atoms with E-state index in [0.717, 1.165) is 0 Å². The third-order valence-electron chi connectivity index (χ3n) is 1.65. The van der Waals surface area contributed by atoms with Crippen LogP contribution in [0.4, 0.5) is 0 Å². The molecule has 0 spiro atoms. The molecule has 2 unspecified atom stereocenters. The van der Waals surface area contributed by atoms with E-state index in [9.17, 15) is 4.79 Å². The van der Waals surface area contributed by atoms with E-state index in [1.165, 1.54) is 12.1 Å².